The molecule has 2 rings (SSSR count). The molecular formula is C16H21NO. The van der Waals surface area contributed by atoms with Crippen LogP contribution in [0.15, 0.2) is 34.7 Å². The minimum Gasteiger partial charge on any atom is -0.464 e. The summed E-state index contributed by atoms with van der Waals surface area (Å²) in [5.74, 6) is 2.00. The van der Waals surface area contributed by atoms with Crippen molar-refractivity contribution in [2.75, 3.05) is 6.54 Å². The van der Waals surface area contributed by atoms with Gasteiger partial charge in [0.2, 0.25) is 0 Å². The SMILES string of the molecule is CCNC(c1cccc(C)c1)c1cc(C)c(C)o1. The van der Waals surface area contributed by atoms with Gasteiger partial charge in [0.1, 0.15) is 11.5 Å². The van der Waals surface area contributed by atoms with Crippen LogP contribution in [0.5, 0.6) is 0 Å². The number of furan rings is 1. The van der Waals surface area contributed by atoms with Crippen molar-refractivity contribution in [3.8, 4) is 0 Å². The van der Waals surface area contributed by atoms with Crippen LogP contribution in [-0.2, 0) is 0 Å². The Bertz CT molecular complexity index is 508. The normalized spacial score (nSPS) is 12.7. The highest BCUT2D eigenvalue weighted by atomic mass is 16.3. The van der Waals surface area contributed by atoms with Gasteiger partial charge in [-0.2, -0.15) is 0 Å². The third kappa shape index (κ3) is 2.65. The van der Waals surface area contributed by atoms with Crippen molar-refractivity contribution in [2.45, 2.75) is 33.7 Å². The zero-order valence-electron chi connectivity index (χ0n) is 11.6. The molecule has 0 bridgehead atoms. The average molecular weight is 243 g/mol. The lowest BCUT2D eigenvalue weighted by Gasteiger charge is -2.16. The van der Waals surface area contributed by atoms with Gasteiger partial charge >= 0.3 is 0 Å². The van der Waals surface area contributed by atoms with Gasteiger partial charge in [0.25, 0.3) is 0 Å². The van der Waals surface area contributed by atoms with Gasteiger partial charge in [-0.25, -0.2) is 0 Å². The molecule has 1 heterocycles. The van der Waals surface area contributed by atoms with E-state index < -0.39 is 0 Å². The summed E-state index contributed by atoms with van der Waals surface area (Å²) in [6.45, 7) is 9.24. The maximum Gasteiger partial charge on any atom is 0.125 e. The molecule has 0 aliphatic heterocycles. The van der Waals surface area contributed by atoms with Crippen LogP contribution in [-0.4, -0.2) is 6.54 Å². The van der Waals surface area contributed by atoms with Crippen LogP contribution in [0.1, 0.15) is 41.2 Å². The topological polar surface area (TPSA) is 25.2 Å². The Morgan fingerprint density at radius 3 is 2.50 bits per heavy atom. The van der Waals surface area contributed by atoms with Crippen molar-refractivity contribution in [3.63, 3.8) is 0 Å². The first-order valence-corrected chi connectivity index (χ1v) is 6.48. The molecule has 0 amide bonds. The van der Waals surface area contributed by atoms with E-state index in [0.29, 0.717) is 0 Å². The molecular weight excluding hydrogens is 222 g/mol. The van der Waals surface area contributed by atoms with E-state index in [1.807, 2.05) is 6.92 Å². The minimum atomic E-state index is 0.141. The van der Waals surface area contributed by atoms with Crippen molar-refractivity contribution in [3.05, 3.63) is 58.5 Å². The maximum absolute atomic E-state index is 5.86. The Balaban J connectivity index is 2.39. The second-order valence-electron chi connectivity index (χ2n) is 4.79. The summed E-state index contributed by atoms with van der Waals surface area (Å²) in [6, 6.07) is 10.8. The van der Waals surface area contributed by atoms with E-state index in [-0.39, 0.29) is 6.04 Å². The molecule has 2 nitrogen and oxygen atoms in total. The Labute approximate surface area is 109 Å². The molecule has 0 saturated carbocycles. The Morgan fingerprint density at radius 2 is 1.94 bits per heavy atom. The lowest BCUT2D eigenvalue weighted by Crippen LogP contribution is -2.21. The Morgan fingerprint density at radius 1 is 1.17 bits per heavy atom. The van der Waals surface area contributed by atoms with Crippen molar-refractivity contribution in [1.82, 2.24) is 5.32 Å². The molecule has 0 saturated heterocycles. The van der Waals surface area contributed by atoms with Gasteiger partial charge in [-0.3, -0.25) is 0 Å². The first kappa shape index (κ1) is 12.9. The van der Waals surface area contributed by atoms with Crippen LogP contribution in [0.3, 0.4) is 0 Å². The fourth-order valence-corrected chi connectivity index (χ4v) is 2.18. The van der Waals surface area contributed by atoms with Gasteiger partial charge in [-0.15, -0.1) is 0 Å². The minimum absolute atomic E-state index is 0.141. The van der Waals surface area contributed by atoms with Crippen LogP contribution >= 0.6 is 0 Å². The lowest BCUT2D eigenvalue weighted by molar-refractivity contribution is 0.434. The fourth-order valence-electron chi connectivity index (χ4n) is 2.18. The molecule has 1 atom stereocenters. The summed E-state index contributed by atoms with van der Waals surface area (Å²) in [5, 5.41) is 3.49. The fraction of sp³-hybridized carbons (Fsp3) is 0.375. The van der Waals surface area contributed by atoms with Gasteiger partial charge in [0.05, 0.1) is 6.04 Å². The highest BCUT2D eigenvalue weighted by Gasteiger charge is 2.17. The van der Waals surface area contributed by atoms with E-state index in [4.69, 9.17) is 4.42 Å². The molecule has 2 aromatic rings. The Hall–Kier alpha value is -1.54. The number of rotatable bonds is 4. The Kier molecular flexibility index (Phi) is 3.87. The van der Waals surface area contributed by atoms with E-state index in [9.17, 15) is 0 Å². The lowest BCUT2D eigenvalue weighted by atomic mass is 10.0. The first-order valence-electron chi connectivity index (χ1n) is 6.48. The van der Waals surface area contributed by atoms with E-state index in [0.717, 1.165) is 18.1 Å². The van der Waals surface area contributed by atoms with E-state index in [2.05, 4.69) is 56.4 Å². The molecule has 1 aromatic heterocycles. The second-order valence-corrected chi connectivity index (χ2v) is 4.79. The van der Waals surface area contributed by atoms with Crippen LogP contribution in [0, 0.1) is 20.8 Å². The van der Waals surface area contributed by atoms with Gasteiger partial charge in [0.15, 0.2) is 0 Å². The van der Waals surface area contributed by atoms with Gasteiger partial charge in [0, 0.05) is 0 Å². The quantitative estimate of drug-likeness (QED) is 0.881. The standard InChI is InChI=1S/C16H21NO/c1-5-17-16(14-8-6-7-11(2)9-14)15-10-12(3)13(4)18-15/h6-10,16-17H,5H2,1-4H3. The van der Waals surface area contributed by atoms with Gasteiger partial charge in [-0.05, 0) is 44.5 Å². The molecule has 1 aromatic carbocycles. The number of aryl methyl sites for hydroxylation is 3. The smallest absolute Gasteiger partial charge is 0.125 e. The highest BCUT2D eigenvalue weighted by molar-refractivity contribution is 5.32. The third-order valence-corrected chi connectivity index (χ3v) is 3.25. The molecule has 96 valence electrons. The zero-order valence-corrected chi connectivity index (χ0v) is 11.6. The van der Waals surface area contributed by atoms with E-state index >= 15 is 0 Å². The molecule has 1 unspecified atom stereocenters. The molecule has 0 aliphatic carbocycles. The number of nitrogens with one attached hydrogen (secondary N) is 1. The molecule has 0 fully saturated rings. The van der Waals surface area contributed by atoms with Crippen molar-refractivity contribution in [1.29, 1.82) is 0 Å². The predicted octanol–water partition coefficient (Wildman–Crippen LogP) is 3.90. The predicted molar refractivity (Wildman–Crippen MR) is 74.9 cm³/mol. The molecule has 0 aliphatic rings. The van der Waals surface area contributed by atoms with Crippen molar-refractivity contribution >= 4 is 0 Å². The van der Waals surface area contributed by atoms with Crippen molar-refractivity contribution in [2.24, 2.45) is 0 Å². The van der Waals surface area contributed by atoms with Crippen LogP contribution < -0.4 is 5.32 Å². The maximum atomic E-state index is 5.86. The van der Waals surface area contributed by atoms with Crippen LogP contribution in [0.25, 0.3) is 0 Å². The van der Waals surface area contributed by atoms with Crippen molar-refractivity contribution < 1.29 is 4.42 Å². The van der Waals surface area contributed by atoms with Crippen LogP contribution in [0.2, 0.25) is 0 Å². The van der Waals surface area contributed by atoms with Crippen LogP contribution in [0.4, 0.5) is 0 Å². The summed E-state index contributed by atoms with van der Waals surface area (Å²) in [5.41, 5.74) is 3.74. The summed E-state index contributed by atoms with van der Waals surface area (Å²) in [6.07, 6.45) is 0. The monoisotopic (exact) mass is 243 g/mol. The molecule has 1 N–H and O–H groups in total. The average Bonchev–Trinajstić information content (AvgIpc) is 2.66. The summed E-state index contributed by atoms with van der Waals surface area (Å²) >= 11 is 0. The molecule has 0 radical (unpaired) electrons. The first-order chi connectivity index (χ1) is 8.61. The molecule has 0 spiro atoms. The van der Waals surface area contributed by atoms with Gasteiger partial charge in [-0.1, -0.05) is 36.8 Å². The number of hydrogen-bond donors (Lipinski definition) is 1. The summed E-state index contributed by atoms with van der Waals surface area (Å²) < 4.78 is 5.86. The number of hydrogen-bond acceptors (Lipinski definition) is 2. The second kappa shape index (κ2) is 5.40. The summed E-state index contributed by atoms with van der Waals surface area (Å²) in [4.78, 5) is 0. The van der Waals surface area contributed by atoms with E-state index in [1.54, 1.807) is 0 Å². The third-order valence-electron chi connectivity index (χ3n) is 3.25. The zero-order chi connectivity index (χ0) is 13.1. The molecule has 18 heavy (non-hydrogen) atoms. The highest BCUT2D eigenvalue weighted by Crippen LogP contribution is 2.26. The summed E-state index contributed by atoms with van der Waals surface area (Å²) in [7, 11) is 0. The largest absolute Gasteiger partial charge is 0.464 e. The van der Waals surface area contributed by atoms with E-state index in [1.165, 1.54) is 16.7 Å². The molecule has 2 heteroatoms. The number of benzene rings is 1. The van der Waals surface area contributed by atoms with Gasteiger partial charge < -0.3 is 9.73 Å².